The van der Waals surface area contributed by atoms with E-state index >= 15 is 0 Å². The topological polar surface area (TPSA) is 47.6 Å². The summed E-state index contributed by atoms with van der Waals surface area (Å²) in [5.74, 6) is -0.391. The lowest BCUT2D eigenvalue weighted by atomic mass is 10.2. The van der Waals surface area contributed by atoms with Crippen molar-refractivity contribution in [2.75, 3.05) is 24.3 Å². The lowest BCUT2D eigenvalue weighted by molar-refractivity contribution is -0.114. The highest BCUT2D eigenvalue weighted by Crippen LogP contribution is 2.33. The third-order valence-electron chi connectivity index (χ3n) is 2.19. The number of rotatable bonds is 3. The van der Waals surface area contributed by atoms with Crippen LogP contribution in [0.25, 0.3) is 0 Å². The highest BCUT2D eigenvalue weighted by atomic mass is 32.2. The molecule has 8 heteroatoms. The molecule has 0 aromatic heterocycles. The van der Waals surface area contributed by atoms with E-state index < -0.39 is 17.2 Å². The number of fused-ring (bicyclic) bond motifs is 1. The smallest absolute Gasteiger partial charge is 0.442 e. The van der Waals surface area contributed by atoms with Crippen molar-refractivity contribution in [1.29, 1.82) is 0 Å². The van der Waals surface area contributed by atoms with Crippen molar-refractivity contribution in [3.05, 3.63) is 18.2 Å². The Hall–Kier alpha value is -1.57. The predicted octanol–water partition coefficient (Wildman–Crippen LogP) is 2.65. The van der Waals surface area contributed by atoms with Gasteiger partial charge in [-0.25, -0.2) is 0 Å². The molecular formula is C11H10F3NO3S. The Morgan fingerprint density at radius 1 is 1.26 bits per heavy atom. The van der Waals surface area contributed by atoms with Crippen LogP contribution in [0.15, 0.2) is 18.2 Å². The maximum atomic E-state index is 11.9. The van der Waals surface area contributed by atoms with Crippen LogP contribution in [0, 0.1) is 0 Å². The second-order valence-electron chi connectivity index (χ2n) is 3.64. The van der Waals surface area contributed by atoms with Gasteiger partial charge in [-0.3, -0.25) is 4.79 Å². The summed E-state index contributed by atoms with van der Waals surface area (Å²) in [4.78, 5) is 11.3. The average Bonchev–Trinajstić information content (AvgIpc) is 2.35. The van der Waals surface area contributed by atoms with E-state index in [0.29, 0.717) is 30.4 Å². The first-order valence-corrected chi connectivity index (χ1v) is 6.33. The van der Waals surface area contributed by atoms with Gasteiger partial charge in [-0.2, -0.15) is 13.2 Å². The molecule has 0 aliphatic carbocycles. The number of halogens is 3. The summed E-state index contributed by atoms with van der Waals surface area (Å²) < 4.78 is 46.4. The fourth-order valence-electron chi connectivity index (χ4n) is 1.47. The lowest BCUT2D eigenvalue weighted by Crippen LogP contribution is -2.18. The highest BCUT2D eigenvalue weighted by Gasteiger charge is 2.29. The first-order chi connectivity index (χ1) is 8.94. The molecule has 4 nitrogen and oxygen atoms in total. The molecule has 1 aromatic carbocycles. The van der Waals surface area contributed by atoms with Crippen molar-refractivity contribution in [2.24, 2.45) is 0 Å². The maximum absolute atomic E-state index is 11.9. The van der Waals surface area contributed by atoms with Crippen LogP contribution in [0.1, 0.15) is 0 Å². The Morgan fingerprint density at radius 2 is 1.95 bits per heavy atom. The number of amides is 1. The van der Waals surface area contributed by atoms with E-state index in [1.165, 1.54) is 6.07 Å². The van der Waals surface area contributed by atoms with Gasteiger partial charge in [-0.05, 0) is 23.9 Å². The molecule has 0 radical (unpaired) electrons. The molecule has 1 N–H and O–H groups in total. The number of benzene rings is 1. The fraction of sp³-hybridized carbons (Fsp3) is 0.364. The van der Waals surface area contributed by atoms with Crippen LogP contribution in [0.4, 0.5) is 18.9 Å². The third-order valence-corrected chi connectivity index (χ3v) is 2.93. The molecule has 0 saturated heterocycles. The van der Waals surface area contributed by atoms with Crippen molar-refractivity contribution in [1.82, 2.24) is 0 Å². The lowest BCUT2D eigenvalue weighted by Gasteiger charge is -2.19. The number of carbonyl (C=O) groups is 1. The molecule has 1 aromatic rings. The van der Waals surface area contributed by atoms with E-state index in [2.05, 4.69) is 5.32 Å². The van der Waals surface area contributed by atoms with Gasteiger partial charge < -0.3 is 14.8 Å². The normalized spacial score (nSPS) is 14.1. The molecule has 2 rings (SSSR count). The monoisotopic (exact) mass is 293 g/mol. The van der Waals surface area contributed by atoms with Crippen LogP contribution >= 0.6 is 11.8 Å². The van der Waals surface area contributed by atoms with Crippen molar-refractivity contribution in [3.8, 4) is 11.5 Å². The Morgan fingerprint density at radius 3 is 2.63 bits per heavy atom. The standard InChI is InChI=1S/C11H10F3NO3S/c12-11(13,14)19-6-10(16)15-7-1-2-8-9(5-7)18-4-3-17-8/h1-2,5H,3-4,6H2,(H,15,16). The Labute approximate surface area is 111 Å². The predicted molar refractivity (Wildman–Crippen MR) is 64.6 cm³/mol. The molecule has 1 heterocycles. The molecule has 19 heavy (non-hydrogen) atoms. The van der Waals surface area contributed by atoms with E-state index in [9.17, 15) is 18.0 Å². The second kappa shape index (κ2) is 5.60. The summed E-state index contributed by atoms with van der Waals surface area (Å²) >= 11 is -0.378. The minimum atomic E-state index is -4.41. The number of carbonyl (C=O) groups excluding carboxylic acids is 1. The maximum Gasteiger partial charge on any atom is 0.442 e. The van der Waals surface area contributed by atoms with E-state index in [1.54, 1.807) is 12.1 Å². The first-order valence-electron chi connectivity index (χ1n) is 5.34. The van der Waals surface area contributed by atoms with Gasteiger partial charge >= 0.3 is 5.51 Å². The largest absolute Gasteiger partial charge is 0.486 e. The molecule has 0 saturated carbocycles. The fourth-order valence-corrected chi connectivity index (χ4v) is 1.83. The molecule has 0 spiro atoms. The van der Waals surface area contributed by atoms with Crippen LogP contribution in [-0.4, -0.2) is 30.4 Å². The number of thioether (sulfide) groups is 1. The molecule has 0 atom stereocenters. The number of hydrogen-bond acceptors (Lipinski definition) is 4. The van der Waals surface area contributed by atoms with Crippen LogP contribution in [0.3, 0.4) is 0 Å². The molecule has 1 aliphatic heterocycles. The number of anilines is 1. The minimum Gasteiger partial charge on any atom is -0.486 e. The zero-order valence-electron chi connectivity index (χ0n) is 9.62. The first kappa shape index (κ1) is 13.9. The molecule has 0 unspecified atom stereocenters. The second-order valence-corrected chi connectivity index (χ2v) is 4.68. The quantitative estimate of drug-likeness (QED) is 0.930. The molecule has 1 aliphatic rings. The molecule has 0 fully saturated rings. The molecular weight excluding hydrogens is 283 g/mol. The van der Waals surface area contributed by atoms with Gasteiger partial charge in [0.05, 0.1) is 5.75 Å². The summed E-state index contributed by atoms with van der Waals surface area (Å²) in [6.07, 6.45) is 0. The van der Waals surface area contributed by atoms with Crippen molar-refractivity contribution < 1.29 is 27.4 Å². The Bertz CT molecular complexity index is 479. The van der Waals surface area contributed by atoms with E-state index in [0.717, 1.165) is 0 Å². The Balaban J connectivity index is 1.94. The van der Waals surface area contributed by atoms with Crippen molar-refractivity contribution >= 4 is 23.4 Å². The van der Waals surface area contributed by atoms with Crippen LogP contribution < -0.4 is 14.8 Å². The van der Waals surface area contributed by atoms with Gasteiger partial charge in [-0.1, -0.05) is 0 Å². The van der Waals surface area contributed by atoms with Crippen molar-refractivity contribution in [3.63, 3.8) is 0 Å². The Kier molecular flexibility index (Phi) is 4.08. The zero-order valence-corrected chi connectivity index (χ0v) is 10.4. The van der Waals surface area contributed by atoms with Gasteiger partial charge in [0.1, 0.15) is 13.2 Å². The van der Waals surface area contributed by atoms with Crippen LogP contribution in [0.5, 0.6) is 11.5 Å². The molecule has 1 amide bonds. The number of ether oxygens (including phenoxy) is 2. The number of hydrogen-bond donors (Lipinski definition) is 1. The summed E-state index contributed by atoms with van der Waals surface area (Å²) in [5, 5.41) is 2.37. The van der Waals surface area contributed by atoms with Gasteiger partial charge in [0.15, 0.2) is 11.5 Å². The van der Waals surface area contributed by atoms with Crippen molar-refractivity contribution in [2.45, 2.75) is 5.51 Å². The van der Waals surface area contributed by atoms with E-state index in [-0.39, 0.29) is 11.8 Å². The number of alkyl halides is 3. The zero-order chi connectivity index (χ0) is 13.9. The van der Waals surface area contributed by atoms with Gasteiger partial charge in [0, 0.05) is 11.8 Å². The minimum absolute atomic E-state index is 0.372. The molecule has 104 valence electrons. The summed E-state index contributed by atoms with van der Waals surface area (Å²) in [7, 11) is 0. The van der Waals surface area contributed by atoms with Crippen LogP contribution in [-0.2, 0) is 4.79 Å². The third kappa shape index (κ3) is 4.23. The highest BCUT2D eigenvalue weighted by molar-refractivity contribution is 8.00. The molecule has 0 bridgehead atoms. The van der Waals surface area contributed by atoms with E-state index in [4.69, 9.17) is 9.47 Å². The SMILES string of the molecule is O=C(CSC(F)(F)F)Nc1ccc2c(c1)OCCO2. The van der Waals surface area contributed by atoms with Gasteiger partial charge in [0.25, 0.3) is 0 Å². The van der Waals surface area contributed by atoms with E-state index in [1.807, 2.05) is 0 Å². The summed E-state index contributed by atoms with van der Waals surface area (Å²) in [6.45, 7) is 0.843. The number of nitrogens with one attached hydrogen (secondary N) is 1. The van der Waals surface area contributed by atoms with Gasteiger partial charge in [0.2, 0.25) is 5.91 Å². The summed E-state index contributed by atoms with van der Waals surface area (Å²) in [5.41, 5.74) is -4.04. The summed E-state index contributed by atoms with van der Waals surface area (Å²) in [6, 6.07) is 4.66. The van der Waals surface area contributed by atoms with Crippen LogP contribution in [0.2, 0.25) is 0 Å². The van der Waals surface area contributed by atoms with Gasteiger partial charge in [-0.15, -0.1) is 0 Å². The average molecular weight is 293 g/mol.